The fourth-order valence-electron chi connectivity index (χ4n) is 2.65. The maximum atomic E-state index is 13.4. The lowest BCUT2D eigenvalue weighted by Gasteiger charge is -2.12. The number of aromatic nitrogens is 3. The number of hydrogen-bond donors (Lipinski definition) is 0. The molecule has 2 aromatic rings. The molecule has 1 atom stereocenters. The molecule has 0 radical (unpaired) electrons. The Morgan fingerprint density at radius 3 is 3.24 bits per heavy atom. The van der Waals surface area contributed by atoms with Gasteiger partial charge in [-0.3, -0.25) is 0 Å². The number of thioether (sulfide) groups is 1. The van der Waals surface area contributed by atoms with Crippen LogP contribution in [0, 0.1) is 5.82 Å². The molecule has 4 nitrogen and oxygen atoms in total. The van der Waals surface area contributed by atoms with Gasteiger partial charge in [-0.05, 0) is 42.5 Å². The summed E-state index contributed by atoms with van der Waals surface area (Å²) in [6.45, 7) is 1.56. The summed E-state index contributed by atoms with van der Waals surface area (Å²) in [5, 5.41) is 9.35. The van der Waals surface area contributed by atoms with Crippen LogP contribution in [0.5, 0.6) is 0 Å². The maximum absolute atomic E-state index is 13.4. The molecule has 0 bridgehead atoms. The lowest BCUT2D eigenvalue weighted by molar-refractivity contribution is 0.189. The van der Waals surface area contributed by atoms with E-state index in [1.54, 1.807) is 37.3 Å². The zero-order valence-corrected chi connectivity index (χ0v) is 12.8. The quantitative estimate of drug-likeness (QED) is 0.768. The summed E-state index contributed by atoms with van der Waals surface area (Å²) in [6.07, 6.45) is 4.71. The molecular weight excluding hydrogens is 289 g/mol. The Balaban J connectivity index is 1.71. The number of hydrogen-bond acceptors (Lipinski definition) is 4. The van der Waals surface area contributed by atoms with Gasteiger partial charge in [0.25, 0.3) is 0 Å². The van der Waals surface area contributed by atoms with E-state index in [9.17, 15) is 4.39 Å². The minimum Gasteiger partial charge on any atom is -0.385 e. The Labute approximate surface area is 127 Å². The third kappa shape index (κ3) is 3.27. The molecule has 6 heteroatoms. The van der Waals surface area contributed by atoms with Gasteiger partial charge in [0.1, 0.15) is 12.1 Å². The van der Waals surface area contributed by atoms with Crippen LogP contribution in [0.3, 0.4) is 0 Å². The lowest BCUT2D eigenvalue weighted by Crippen LogP contribution is -2.03. The molecule has 1 aromatic heterocycles. The van der Waals surface area contributed by atoms with Crippen molar-refractivity contribution in [1.82, 2.24) is 14.8 Å². The Morgan fingerprint density at radius 2 is 2.38 bits per heavy atom. The summed E-state index contributed by atoms with van der Waals surface area (Å²) in [7, 11) is 1.70. The molecule has 0 spiro atoms. The molecule has 1 heterocycles. The van der Waals surface area contributed by atoms with E-state index in [2.05, 4.69) is 10.2 Å². The van der Waals surface area contributed by atoms with E-state index in [1.807, 2.05) is 10.6 Å². The van der Waals surface area contributed by atoms with E-state index in [-0.39, 0.29) is 11.1 Å². The van der Waals surface area contributed by atoms with Gasteiger partial charge in [0, 0.05) is 25.5 Å². The van der Waals surface area contributed by atoms with E-state index >= 15 is 0 Å². The number of halogens is 1. The van der Waals surface area contributed by atoms with Gasteiger partial charge in [0.05, 0.1) is 0 Å². The second-order valence-corrected chi connectivity index (χ2v) is 6.31. The summed E-state index contributed by atoms with van der Waals surface area (Å²) in [5.41, 5.74) is 2.35. The van der Waals surface area contributed by atoms with Crippen LogP contribution < -0.4 is 0 Å². The Hall–Kier alpha value is -1.40. The minimum atomic E-state index is -0.164. The average molecular weight is 307 g/mol. The second kappa shape index (κ2) is 6.58. The van der Waals surface area contributed by atoms with E-state index in [0.717, 1.165) is 43.1 Å². The Morgan fingerprint density at radius 1 is 1.48 bits per heavy atom. The molecule has 0 N–H and O–H groups in total. The molecule has 1 aliphatic rings. The standard InChI is InChI=1S/C15H18FN3OS/c1-20-8-2-7-19-10-17-18-15(19)21-14-6-4-11-3-5-12(16)9-13(11)14/h3,5,9-10,14H,2,4,6-8H2,1H3/t14-/m1/s1. The zero-order chi connectivity index (χ0) is 14.7. The van der Waals surface area contributed by atoms with E-state index < -0.39 is 0 Å². The van der Waals surface area contributed by atoms with Gasteiger partial charge in [-0.15, -0.1) is 10.2 Å². The molecular formula is C15H18FN3OS. The zero-order valence-electron chi connectivity index (χ0n) is 12.0. The van der Waals surface area contributed by atoms with Crippen LogP contribution in [0.15, 0.2) is 29.7 Å². The third-order valence-electron chi connectivity index (χ3n) is 3.71. The van der Waals surface area contributed by atoms with Crippen molar-refractivity contribution in [1.29, 1.82) is 0 Å². The highest BCUT2D eigenvalue weighted by Gasteiger charge is 2.25. The van der Waals surface area contributed by atoms with Gasteiger partial charge in [-0.2, -0.15) is 0 Å². The lowest BCUT2D eigenvalue weighted by atomic mass is 10.1. The summed E-state index contributed by atoms with van der Waals surface area (Å²) in [4.78, 5) is 0. The van der Waals surface area contributed by atoms with Crippen molar-refractivity contribution in [2.75, 3.05) is 13.7 Å². The maximum Gasteiger partial charge on any atom is 0.191 e. The van der Waals surface area contributed by atoms with E-state index in [1.165, 1.54) is 5.56 Å². The molecule has 1 aliphatic carbocycles. The van der Waals surface area contributed by atoms with E-state index in [4.69, 9.17) is 4.74 Å². The normalized spacial score (nSPS) is 17.1. The summed E-state index contributed by atoms with van der Waals surface area (Å²) < 4.78 is 20.6. The van der Waals surface area contributed by atoms with Crippen molar-refractivity contribution < 1.29 is 9.13 Å². The number of methoxy groups -OCH3 is 1. The van der Waals surface area contributed by atoms with Crippen LogP contribution in [0.25, 0.3) is 0 Å². The third-order valence-corrected chi connectivity index (χ3v) is 5.01. The summed E-state index contributed by atoms with van der Waals surface area (Å²) >= 11 is 1.68. The van der Waals surface area contributed by atoms with Crippen molar-refractivity contribution in [2.45, 2.75) is 36.2 Å². The number of fused-ring (bicyclic) bond motifs is 1. The monoisotopic (exact) mass is 307 g/mol. The van der Waals surface area contributed by atoms with Gasteiger partial charge in [0.15, 0.2) is 5.16 Å². The molecule has 0 amide bonds. The topological polar surface area (TPSA) is 39.9 Å². The first kappa shape index (κ1) is 14.5. The van der Waals surface area contributed by atoms with Gasteiger partial charge in [-0.1, -0.05) is 17.8 Å². The van der Waals surface area contributed by atoms with Crippen LogP contribution in [-0.2, 0) is 17.7 Å². The van der Waals surface area contributed by atoms with Crippen molar-refractivity contribution in [3.05, 3.63) is 41.5 Å². The van der Waals surface area contributed by atoms with Crippen LogP contribution in [0.2, 0.25) is 0 Å². The van der Waals surface area contributed by atoms with Crippen molar-refractivity contribution in [2.24, 2.45) is 0 Å². The van der Waals surface area contributed by atoms with Crippen LogP contribution in [-0.4, -0.2) is 28.5 Å². The summed E-state index contributed by atoms with van der Waals surface area (Å²) in [6, 6.07) is 5.10. The second-order valence-electron chi connectivity index (χ2n) is 5.14. The Bertz CT molecular complexity index is 617. The van der Waals surface area contributed by atoms with Gasteiger partial charge < -0.3 is 9.30 Å². The smallest absolute Gasteiger partial charge is 0.191 e. The van der Waals surface area contributed by atoms with Crippen molar-refractivity contribution in [3.63, 3.8) is 0 Å². The van der Waals surface area contributed by atoms with Gasteiger partial charge >= 0.3 is 0 Å². The van der Waals surface area contributed by atoms with Gasteiger partial charge in [0.2, 0.25) is 0 Å². The van der Waals surface area contributed by atoms with Crippen LogP contribution in [0.1, 0.15) is 29.2 Å². The predicted molar refractivity (Wildman–Crippen MR) is 79.8 cm³/mol. The highest BCUT2D eigenvalue weighted by atomic mass is 32.2. The molecule has 0 unspecified atom stereocenters. The fraction of sp³-hybridized carbons (Fsp3) is 0.467. The molecule has 1 aromatic carbocycles. The fourth-order valence-corrected chi connectivity index (χ4v) is 3.86. The van der Waals surface area contributed by atoms with Crippen LogP contribution >= 0.6 is 11.8 Å². The summed E-state index contributed by atoms with van der Waals surface area (Å²) in [5.74, 6) is -0.164. The van der Waals surface area contributed by atoms with Crippen molar-refractivity contribution in [3.8, 4) is 0 Å². The highest BCUT2D eigenvalue weighted by Crippen LogP contribution is 2.44. The largest absolute Gasteiger partial charge is 0.385 e. The van der Waals surface area contributed by atoms with Crippen molar-refractivity contribution >= 4 is 11.8 Å². The molecule has 0 saturated carbocycles. The molecule has 0 fully saturated rings. The van der Waals surface area contributed by atoms with Gasteiger partial charge in [-0.25, -0.2) is 4.39 Å². The van der Waals surface area contributed by atoms with Crippen LogP contribution in [0.4, 0.5) is 4.39 Å². The SMILES string of the molecule is COCCCn1cnnc1S[C@@H]1CCc2ccc(F)cc21. The minimum absolute atomic E-state index is 0.164. The number of benzene rings is 1. The molecule has 0 saturated heterocycles. The highest BCUT2D eigenvalue weighted by molar-refractivity contribution is 7.99. The molecule has 0 aliphatic heterocycles. The molecule has 21 heavy (non-hydrogen) atoms. The Kier molecular flexibility index (Phi) is 4.55. The number of aryl methyl sites for hydroxylation is 2. The predicted octanol–water partition coefficient (Wildman–Crippen LogP) is 3.23. The first-order valence-electron chi connectivity index (χ1n) is 7.09. The van der Waals surface area contributed by atoms with E-state index in [0.29, 0.717) is 0 Å². The molecule has 3 rings (SSSR count). The number of ether oxygens (including phenoxy) is 1. The first-order chi connectivity index (χ1) is 10.3. The number of rotatable bonds is 6. The molecule has 112 valence electrons. The first-order valence-corrected chi connectivity index (χ1v) is 7.97. The number of nitrogens with zero attached hydrogens (tertiary/aromatic N) is 3. The average Bonchev–Trinajstić information content (AvgIpc) is 3.08.